The number of likely N-dealkylation sites (tertiary alicyclic amines) is 1. The van der Waals surface area contributed by atoms with Gasteiger partial charge >= 0.3 is 0 Å². The Balaban J connectivity index is 2.19. The second kappa shape index (κ2) is 5.32. The van der Waals surface area contributed by atoms with Gasteiger partial charge in [-0.1, -0.05) is 0 Å². The van der Waals surface area contributed by atoms with Gasteiger partial charge in [-0.05, 0) is 54.5 Å². The predicted octanol–water partition coefficient (Wildman–Crippen LogP) is 1.76. The molecule has 1 aromatic heterocycles. The van der Waals surface area contributed by atoms with Gasteiger partial charge in [-0.2, -0.15) is 4.31 Å². The Kier molecular flexibility index (Phi) is 4.15. The van der Waals surface area contributed by atoms with Crippen LogP contribution in [0.2, 0.25) is 0 Å². The summed E-state index contributed by atoms with van der Waals surface area (Å²) in [5.74, 6) is 0. The summed E-state index contributed by atoms with van der Waals surface area (Å²) in [4.78, 5) is 2.15. The van der Waals surface area contributed by atoms with Crippen molar-refractivity contribution in [3.05, 3.63) is 16.8 Å². The second-order valence-electron chi connectivity index (χ2n) is 4.64. The molecular formula is C11H17BrN2O3S. The molecule has 18 heavy (non-hydrogen) atoms. The van der Waals surface area contributed by atoms with Gasteiger partial charge in [0.15, 0.2) is 4.67 Å². The molecule has 1 aliphatic heterocycles. The molecule has 1 aromatic rings. The molecule has 2 heterocycles. The van der Waals surface area contributed by atoms with Crippen LogP contribution >= 0.6 is 15.9 Å². The van der Waals surface area contributed by atoms with Crippen LogP contribution in [-0.4, -0.2) is 50.8 Å². The lowest BCUT2D eigenvalue weighted by atomic mass is 10.1. The lowest BCUT2D eigenvalue weighted by Gasteiger charge is -2.34. The van der Waals surface area contributed by atoms with E-state index in [1.165, 1.54) is 10.4 Å². The van der Waals surface area contributed by atoms with E-state index in [9.17, 15) is 8.42 Å². The van der Waals surface area contributed by atoms with Crippen molar-refractivity contribution in [1.82, 2.24) is 9.21 Å². The highest BCUT2D eigenvalue weighted by atomic mass is 79.9. The Hall–Kier alpha value is -0.370. The summed E-state index contributed by atoms with van der Waals surface area (Å²) in [6.45, 7) is 1.79. The van der Waals surface area contributed by atoms with E-state index in [0.717, 1.165) is 25.9 Å². The Labute approximate surface area is 116 Å². The van der Waals surface area contributed by atoms with Crippen LogP contribution in [0.25, 0.3) is 0 Å². The predicted molar refractivity (Wildman–Crippen MR) is 71.9 cm³/mol. The molecule has 1 atom stereocenters. The van der Waals surface area contributed by atoms with E-state index in [2.05, 4.69) is 20.8 Å². The van der Waals surface area contributed by atoms with E-state index < -0.39 is 10.0 Å². The van der Waals surface area contributed by atoms with Crippen molar-refractivity contribution in [3.63, 3.8) is 0 Å². The summed E-state index contributed by atoms with van der Waals surface area (Å²) in [5.41, 5.74) is 0. The van der Waals surface area contributed by atoms with E-state index >= 15 is 0 Å². The van der Waals surface area contributed by atoms with E-state index in [4.69, 9.17) is 4.42 Å². The fourth-order valence-corrected chi connectivity index (χ4v) is 3.91. The highest BCUT2D eigenvalue weighted by Crippen LogP contribution is 2.24. The summed E-state index contributed by atoms with van der Waals surface area (Å²) in [6.07, 6.45) is 1.91. The molecule has 0 radical (unpaired) electrons. The van der Waals surface area contributed by atoms with Gasteiger partial charge in [0.1, 0.15) is 0 Å². The lowest BCUT2D eigenvalue weighted by Crippen LogP contribution is -2.47. The number of halogens is 1. The zero-order valence-electron chi connectivity index (χ0n) is 10.5. The van der Waals surface area contributed by atoms with Crippen LogP contribution in [-0.2, 0) is 10.0 Å². The van der Waals surface area contributed by atoms with Crippen LogP contribution in [0, 0.1) is 0 Å². The minimum atomic E-state index is -3.53. The molecule has 0 N–H and O–H groups in total. The Morgan fingerprint density at radius 3 is 2.78 bits per heavy atom. The van der Waals surface area contributed by atoms with Gasteiger partial charge in [-0.25, -0.2) is 8.42 Å². The van der Waals surface area contributed by atoms with Crippen LogP contribution in [0.1, 0.15) is 12.8 Å². The molecule has 1 unspecified atom stereocenters. The average Bonchev–Trinajstić information content (AvgIpc) is 2.75. The zero-order chi connectivity index (χ0) is 13.3. The molecule has 5 nitrogen and oxygen atoms in total. The number of furan rings is 1. The van der Waals surface area contributed by atoms with Gasteiger partial charge in [0.05, 0.1) is 0 Å². The molecule has 0 aliphatic carbocycles. The van der Waals surface area contributed by atoms with Crippen LogP contribution in [0.4, 0.5) is 0 Å². The first-order chi connectivity index (χ1) is 8.41. The standard InChI is InChI=1S/C11H17BrN2O3S/c1-13-7-3-4-9(8-13)14(2)18(15,16)11-6-5-10(12)17-11/h5-6,9H,3-4,7-8H2,1-2H3. The monoisotopic (exact) mass is 336 g/mol. The maximum absolute atomic E-state index is 12.3. The number of hydrogen-bond donors (Lipinski definition) is 0. The zero-order valence-corrected chi connectivity index (χ0v) is 12.9. The maximum atomic E-state index is 12.3. The van der Waals surface area contributed by atoms with Crippen molar-refractivity contribution in [2.45, 2.75) is 24.0 Å². The minimum absolute atomic E-state index is 0.00917. The molecule has 0 spiro atoms. The number of nitrogens with zero attached hydrogens (tertiary/aromatic N) is 2. The van der Waals surface area contributed by atoms with Crippen LogP contribution in [0.15, 0.2) is 26.3 Å². The topological polar surface area (TPSA) is 53.8 Å². The minimum Gasteiger partial charge on any atom is -0.437 e. The normalized spacial score (nSPS) is 22.6. The van der Waals surface area contributed by atoms with Crippen LogP contribution in [0.5, 0.6) is 0 Å². The van der Waals surface area contributed by atoms with E-state index in [1.54, 1.807) is 13.1 Å². The second-order valence-corrected chi connectivity index (χ2v) is 7.35. The first-order valence-electron chi connectivity index (χ1n) is 5.83. The molecule has 1 aliphatic rings. The summed E-state index contributed by atoms with van der Waals surface area (Å²) in [7, 11) is 0.0994. The molecule has 0 aromatic carbocycles. The van der Waals surface area contributed by atoms with Crippen LogP contribution in [0.3, 0.4) is 0 Å². The molecule has 0 amide bonds. The Morgan fingerprint density at radius 1 is 1.50 bits per heavy atom. The SMILES string of the molecule is CN1CCCC(N(C)S(=O)(=O)c2ccc(Br)o2)C1. The largest absolute Gasteiger partial charge is 0.437 e. The molecule has 7 heteroatoms. The Bertz CT molecular complexity index is 514. The smallest absolute Gasteiger partial charge is 0.276 e. The first kappa shape index (κ1) is 14.0. The van der Waals surface area contributed by atoms with E-state index in [0.29, 0.717) is 4.67 Å². The summed E-state index contributed by atoms with van der Waals surface area (Å²) < 4.78 is 31.7. The van der Waals surface area contributed by atoms with Gasteiger partial charge in [0, 0.05) is 19.6 Å². The van der Waals surface area contributed by atoms with Crippen molar-refractivity contribution in [2.24, 2.45) is 0 Å². The first-order valence-corrected chi connectivity index (χ1v) is 8.06. The van der Waals surface area contributed by atoms with Crippen LogP contribution < -0.4 is 0 Å². The quantitative estimate of drug-likeness (QED) is 0.843. The van der Waals surface area contributed by atoms with Crippen molar-refractivity contribution in [2.75, 3.05) is 27.2 Å². The fraction of sp³-hybridized carbons (Fsp3) is 0.636. The summed E-state index contributed by atoms with van der Waals surface area (Å²) in [6, 6.07) is 3.08. The fourth-order valence-electron chi connectivity index (χ4n) is 2.21. The highest BCUT2D eigenvalue weighted by molar-refractivity contribution is 9.10. The number of rotatable bonds is 3. The highest BCUT2D eigenvalue weighted by Gasteiger charge is 2.32. The Morgan fingerprint density at radius 2 is 2.22 bits per heavy atom. The van der Waals surface area contributed by atoms with Gasteiger partial charge in [0.2, 0.25) is 5.09 Å². The molecule has 1 fully saturated rings. The molecular weight excluding hydrogens is 320 g/mol. The number of piperidine rings is 1. The van der Waals surface area contributed by atoms with E-state index in [-0.39, 0.29) is 11.1 Å². The molecule has 0 bridgehead atoms. The number of sulfonamides is 1. The molecule has 2 rings (SSSR count). The average molecular weight is 337 g/mol. The third-order valence-corrected chi connectivity index (χ3v) is 5.51. The van der Waals surface area contributed by atoms with Crippen molar-refractivity contribution in [1.29, 1.82) is 0 Å². The molecule has 102 valence electrons. The van der Waals surface area contributed by atoms with Gasteiger partial charge in [-0.15, -0.1) is 0 Å². The molecule has 0 saturated carbocycles. The third-order valence-electron chi connectivity index (χ3n) is 3.30. The lowest BCUT2D eigenvalue weighted by molar-refractivity contribution is 0.186. The number of hydrogen-bond acceptors (Lipinski definition) is 4. The van der Waals surface area contributed by atoms with Crippen molar-refractivity contribution in [3.8, 4) is 0 Å². The van der Waals surface area contributed by atoms with Gasteiger partial charge in [-0.3, -0.25) is 0 Å². The molecule has 1 saturated heterocycles. The van der Waals surface area contributed by atoms with Crippen molar-refractivity contribution < 1.29 is 12.8 Å². The third kappa shape index (κ3) is 2.79. The number of likely N-dealkylation sites (N-methyl/N-ethyl adjacent to an activating group) is 2. The summed E-state index contributed by atoms with van der Waals surface area (Å²) in [5, 5.41) is -0.00917. The maximum Gasteiger partial charge on any atom is 0.276 e. The van der Waals surface area contributed by atoms with Gasteiger partial charge < -0.3 is 9.32 Å². The van der Waals surface area contributed by atoms with Gasteiger partial charge in [0.25, 0.3) is 10.0 Å². The van der Waals surface area contributed by atoms with E-state index in [1.807, 2.05) is 7.05 Å². The summed E-state index contributed by atoms with van der Waals surface area (Å²) >= 11 is 3.12. The van der Waals surface area contributed by atoms with Crippen molar-refractivity contribution >= 4 is 26.0 Å².